The van der Waals surface area contributed by atoms with Gasteiger partial charge in [0.15, 0.2) is 5.16 Å². The maximum Gasteiger partial charge on any atom is 0.254 e. The van der Waals surface area contributed by atoms with Crippen molar-refractivity contribution in [3.63, 3.8) is 0 Å². The normalized spacial score (nSPS) is 15.1. The third-order valence-corrected chi connectivity index (χ3v) is 8.82. The van der Waals surface area contributed by atoms with E-state index in [1.54, 1.807) is 18.9 Å². The van der Waals surface area contributed by atoms with Crippen molar-refractivity contribution in [3.05, 3.63) is 100 Å². The molecule has 0 spiro atoms. The smallest absolute Gasteiger partial charge is 0.254 e. The Bertz CT molecular complexity index is 1510. The number of nitrogens with zero attached hydrogens (tertiary/aromatic N) is 5. The van der Waals surface area contributed by atoms with Crippen LogP contribution < -0.4 is 4.74 Å². The molecule has 1 fully saturated rings. The van der Waals surface area contributed by atoms with Crippen molar-refractivity contribution in [2.24, 2.45) is 0 Å². The Morgan fingerprint density at radius 3 is 2.50 bits per heavy atom. The van der Waals surface area contributed by atoms with E-state index < -0.39 is 0 Å². The second kappa shape index (κ2) is 14.0. The first-order valence-corrected chi connectivity index (χ1v) is 15.8. The number of rotatable bonds is 10. The summed E-state index contributed by atoms with van der Waals surface area (Å²) < 4.78 is 8.30. The summed E-state index contributed by atoms with van der Waals surface area (Å²) in [4.78, 5) is 29.8. The fourth-order valence-electron chi connectivity index (χ4n) is 5.10. The minimum absolute atomic E-state index is 0.0000888. The second-order valence-electron chi connectivity index (χ2n) is 10.2. The SMILES string of the molecule is COc1ccc(-n2c(Cc3ccccc3)nnc2SCCCC(=O)N2CCN(C(=O)c3cccc(Br)c3)C(C)C2)cc1. The van der Waals surface area contributed by atoms with Gasteiger partial charge in [0.25, 0.3) is 5.91 Å². The Kier molecular flexibility index (Phi) is 9.97. The number of benzene rings is 3. The summed E-state index contributed by atoms with van der Waals surface area (Å²) in [6.45, 7) is 3.62. The molecule has 1 aliphatic heterocycles. The highest BCUT2D eigenvalue weighted by atomic mass is 79.9. The van der Waals surface area contributed by atoms with Crippen molar-refractivity contribution in [1.29, 1.82) is 0 Å². The molecule has 4 aromatic rings. The highest BCUT2D eigenvalue weighted by molar-refractivity contribution is 9.10. The lowest BCUT2D eigenvalue weighted by Gasteiger charge is -2.40. The van der Waals surface area contributed by atoms with Crippen LogP contribution in [-0.4, -0.2) is 74.9 Å². The zero-order chi connectivity index (χ0) is 29.5. The largest absolute Gasteiger partial charge is 0.497 e. The number of amides is 2. The van der Waals surface area contributed by atoms with Gasteiger partial charge in [-0.1, -0.05) is 64.1 Å². The minimum Gasteiger partial charge on any atom is -0.497 e. The fourth-order valence-corrected chi connectivity index (χ4v) is 6.40. The van der Waals surface area contributed by atoms with Gasteiger partial charge >= 0.3 is 0 Å². The molecule has 5 rings (SSSR count). The number of carbonyl (C=O) groups is 2. The van der Waals surface area contributed by atoms with Crippen LogP contribution in [0.25, 0.3) is 5.69 Å². The highest BCUT2D eigenvalue weighted by Crippen LogP contribution is 2.26. The van der Waals surface area contributed by atoms with Crippen molar-refractivity contribution in [2.45, 2.75) is 37.4 Å². The molecule has 1 unspecified atom stereocenters. The molecule has 0 bridgehead atoms. The third-order valence-electron chi connectivity index (χ3n) is 7.31. The number of methoxy groups -OCH3 is 1. The average molecular weight is 649 g/mol. The van der Waals surface area contributed by atoms with Gasteiger partial charge in [-0.15, -0.1) is 10.2 Å². The van der Waals surface area contributed by atoms with Crippen LogP contribution in [0.2, 0.25) is 0 Å². The van der Waals surface area contributed by atoms with Gasteiger partial charge in [0, 0.05) is 60.0 Å². The van der Waals surface area contributed by atoms with Crippen LogP contribution in [-0.2, 0) is 11.2 Å². The number of halogens is 1. The van der Waals surface area contributed by atoms with Gasteiger partial charge in [-0.05, 0) is 61.4 Å². The predicted molar refractivity (Wildman–Crippen MR) is 168 cm³/mol. The molecule has 8 nitrogen and oxygen atoms in total. The van der Waals surface area contributed by atoms with Gasteiger partial charge < -0.3 is 14.5 Å². The molecule has 0 N–H and O–H groups in total. The number of aromatic nitrogens is 3. The van der Waals surface area contributed by atoms with Crippen LogP contribution in [0.1, 0.15) is 41.5 Å². The molecule has 2 heterocycles. The quantitative estimate of drug-likeness (QED) is 0.158. The van der Waals surface area contributed by atoms with Crippen LogP contribution >= 0.6 is 27.7 Å². The van der Waals surface area contributed by atoms with Crippen molar-refractivity contribution in [2.75, 3.05) is 32.5 Å². The molecule has 42 heavy (non-hydrogen) atoms. The molecule has 0 saturated carbocycles. The summed E-state index contributed by atoms with van der Waals surface area (Å²) >= 11 is 5.05. The number of piperazine rings is 1. The molecule has 3 aromatic carbocycles. The molecule has 1 aromatic heterocycles. The first-order chi connectivity index (χ1) is 20.4. The van der Waals surface area contributed by atoms with E-state index in [1.807, 2.05) is 83.5 Å². The summed E-state index contributed by atoms with van der Waals surface area (Å²) in [7, 11) is 1.65. The van der Waals surface area contributed by atoms with E-state index in [-0.39, 0.29) is 17.9 Å². The van der Waals surface area contributed by atoms with E-state index in [0.29, 0.717) is 38.0 Å². The number of hydrogen-bond donors (Lipinski definition) is 0. The van der Waals surface area contributed by atoms with E-state index in [9.17, 15) is 9.59 Å². The molecule has 218 valence electrons. The number of thioether (sulfide) groups is 1. The minimum atomic E-state index is -0.0466. The Hall–Kier alpha value is -3.63. The lowest BCUT2D eigenvalue weighted by Crippen LogP contribution is -2.55. The van der Waals surface area contributed by atoms with Crippen LogP contribution in [0.5, 0.6) is 5.75 Å². The Morgan fingerprint density at radius 1 is 1.00 bits per heavy atom. The van der Waals surface area contributed by atoms with Crippen LogP contribution in [0.3, 0.4) is 0 Å². The Morgan fingerprint density at radius 2 is 1.79 bits per heavy atom. The summed E-state index contributed by atoms with van der Waals surface area (Å²) in [5.74, 6) is 2.51. The van der Waals surface area contributed by atoms with Gasteiger partial charge in [-0.25, -0.2) is 0 Å². The first-order valence-electron chi connectivity index (χ1n) is 14.0. The predicted octanol–water partition coefficient (Wildman–Crippen LogP) is 5.87. The lowest BCUT2D eigenvalue weighted by molar-refractivity contribution is -0.133. The van der Waals surface area contributed by atoms with Crippen LogP contribution in [0.15, 0.2) is 88.5 Å². The summed E-state index contributed by atoms with van der Waals surface area (Å²) in [5.41, 5.74) is 2.78. The van der Waals surface area contributed by atoms with Gasteiger partial charge in [-0.2, -0.15) is 0 Å². The van der Waals surface area contributed by atoms with Crippen molar-refractivity contribution >= 4 is 39.5 Å². The molecule has 0 radical (unpaired) electrons. The number of hydrogen-bond acceptors (Lipinski definition) is 6. The van der Waals surface area contributed by atoms with Gasteiger partial charge in [0.2, 0.25) is 5.91 Å². The first kappa shape index (κ1) is 29.8. The fraction of sp³-hybridized carbons (Fsp3) is 0.312. The zero-order valence-electron chi connectivity index (χ0n) is 23.8. The number of ether oxygens (including phenoxy) is 1. The lowest BCUT2D eigenvalue weighted by atomic mass is 10.1. The van der Waals surface area contributed by atoms with Gasteiger partial charge in [0.05, 0.1) is 7.11 Å². The summed E-state index contributed by atoms with van der Waals surface area (Å²) in [5, 5.41) is 9.83. The molecular formula is C32H34BrN5O3S. The molecule has 0 aliphatic carbocycles. The van der Waals surface area contributed by atoms with E-state index >= 15 is 0 Å². The summed E-state index contributed by atoms with van der Waals surface area (Å²) in [6, 6.07) is 25.5. The maximum atomic E-state index is 13.1. The van der Waals surface area contributed by atoms with Crippen LogP contribution in [0.4, 0.5) is 0 Å². The number of carbonyl (C=O) groups excluding carboxylic acids is 2. The molecule has 1 atom stereocenters. The van der Waals surface area contributed by atoms with E-state index in [0.717, 1.165) is 44.6 Å². The molecule has 10 heteroatoms. The Balaban J connectivity index is 1.17. The maximum absolute atomic E-state index is 13.1. The third kappa shape index (κ3) is 7.22. The van der Waals surface area contributed by atoms with Crippen molar-refractivity contribution in [3.8, 4) is 11.4 Å². The molecule has 1 aliphatic rings. The zero-order valence-corrected chi connectivity index (χ0v) is 26.2. The summed E-state index contributed by atoms with van der Waals surface area (Å²) in [6.07, 6.45) is 1.83. The van der Waals surface area contributed by atoms with Crippen LogP contribution in [0, 0.1) is 0 Å². The van der Waals surface area contributed by atoms with E-state index in [1.165, 1.54) is 0 Å². The van der Waals surface area contributed by atoms with E-state index in [4.69, 9.17) is 4.74 Å². The topological polar surface area (TPSA) is 80.6 Å². The van der Waals surface area contributed by atoms with Crippen molar-refractivity contribution < 1.29 is 14.3 Å². The average Bonchev–Trinajstić information content (AvgIpc) is 3.41. The standard InChI is InChI=1S/C32H34BrN5O3S/c1-23-22-36(17-18-37(23)31(40)25-10-6-11-26(33)21-25)30(39)12-7-19-42-32-35-34-29(20-24-8-4-3-5-9-24)38(32)27-13-15-28(41-2)16-14-27/h3-6,8-11,13-16,21,23H,7,12,17-20,22H2,1-2H3. The Labute approximate surface area is 259 Å². The molecular weight excluding hydrogens is 614 g/mol. The molecule has 1 saturated heterocycles. The monoisotopic (exact) mass is 647 g/mol. The highest BCUT2D eigenvalue weighted by Gasteiger charge is 2.30. The van der Waals surface area contributed by atoms with Gasteiger partial charge in [0.1, 0.15) is 11.6 Å². The van der Waals surface area contributed by atoms with E-state index in [2.05, 4.69) is 42.8 Å². The molecule has 2 amide bonds. The van der Waals surface area contributed by atoms with Crippen molar-refractivity contribution in [1.82, 2.24) is 24.6 Å². The van der Waals surface area contributed by atoms with Gasteiger partial charge in [-0.3, -0.25) is 14.2 Å². The second-order valence-corrected chi connectivity index (χ2v) is 12.2.